The predicted octanol–water partition coefficient (Wildman–Crippen LogP) is 2.67. The van der Waals surface area contributed by atoms with Gasteiger partial charge in [-0.05, 0) is 30.7 Å². The molecule has 0 saturated heterocycles. The van der Waals surface area contributed by atoms with E-state index in [1.807, 2.05) is 19.1 Å². The molecule has 0 aliphatic rings. The Morgan fingerprint density at radius 3 is 2.56 bits per heavy atom. The van der Waals surface area contributed by atoms with Crippen LogP contribution in [0.25, 0.3) is 0 Å². The number of carbonyl (C=O) groups excluding carboxylic acids is 2. The van der Waals surface area contributed by atoms with Crippen molar-refractivity contribution < 1.29 is 9.59 Å². The normalized spacial score (nSPS) is 9.89. The molecular weight excluding hydrogens is 272 g/mol. The van der Waals surface area contributed by atoms with Crippen LogP contribution in [0.4, 0.5) is 4.79 Å². The molecule has 0 bridgehead atoms. The summed E-state index contributed by atoms with van der Waals surface area (Å²) in [7, 11) is 0. The summed E-state index contributed by atoms with van der Waals surface area (Å²) in [5, 5.41) is 5.49. The Morgan fingerprint density at radius 1 is 1.28 bits per heavy atom. The zero-order chi connectivity index (χ0) is 13.4. The molecule has 0 aliphatic heterocycles. The number of halogens is 1. The smallest absolute Gasteiger partial charge is 0.321 e. The first-order chi connectivity index (χ1) is 8.61. The van der Waals surface area contributed by atoms with Crippen LogP contribution in [0.1, 0.15) is 13.3 Å². The highest BCUT2D eigenvalue weighted by Crippen LogP contribution is 2.19. The van der Waals surface area contributed by atoms with Crippen molar-refractivity contribution in [3.05, 3.63) is 29.3 Å². The summed E-state index contributed by atoms with van der Waals surface area (Å²) in [5.41, 5.74) is 0. The zero-order valence-electron chi connectivity index (χ0n) is 10.0. The number of rotatable bonds is 5. The Balaban J connectivity index is 2.28. The van der Waals surface area contributed by atoms with Crippen molar-refractivity contribution in [2.24, 2.45) is 0 Å². The average molecular weight is 287 g/mol. The van der Waals surface area contributed by atoms with Crippen LogP contribution in [0.2, 0.25) is 5.02 Å². The molecule has 1 aromatic carbocycles. The lowest BCUT2D eigenvalue weighted by atomic mass is 10.4. The number of urea groups is 1. The molecule has 0 fully saturated rings. The first-order valence-corrected chi connectivity index (χ1v) is 6.94. The molecule has 4 nitrogen and oxygen atoms in total. The van der Waals surface area contributed by atoms with Crippen molar-refractivity contribution in [3.8, 4) is 0 Å². The molecule has 3 amide bonds. The Morgan fingerprint density at radius 2 is 1.94 bits per heavy atom. The molecule has 0 unspecified atom stereocenters. The van der Waals surface area contributed by atoms with E-state index in [1.54, 1.807) is 12.1 Å². The maximum absolute atomic E-state index is 11.4. The minimum absolute atomic E-state index is 0.196. The van der Waals surface area contributed by atoms with E-state index >= 15 is 0 Å². The minimum atomic E-state index is -0.446. The zero-order valence-corrected chi connectivity index (χ0v) is 11.6. The van der Waals surface area contributed by atoms with Crippen LogP contribution in [0.5, 0.6) is 0 Å². The third-order valence-electron chi connectivity index (χ3n) is 1.97. The van der Waals surface area contributed by atoms with Crippen LogP contribution in [0, 0.1) is 0 Å². The van der Waals surface area contributed by atoms with Gasteiger partial charge in [0.05, 0.1) is 5.75 Å². The molecular formula is C12H15ClN2O2S. The number of benzene rings is 1. The standard InChI is InChI=1S/C12H15ClN2O2S/c1-2-7-14-12(17)15-11(16)8-18-10-5-3-9(13)4-6-10/h3-6H,2,7-8H2,1H3,(H2,14,15,16,17). The van der Waals surface area contributed by atoms with Crippen LogP contribution in [0.3, 0.4) is 0 Å². The van der Waals surface area contributed by atoms with Gasteiger partial charge in [-0.15, -0.1) is 11.8 Å². The van der Waals surface area contributed by atoms with Gasteiger partial charge in [0, 0.05) is 16.5 Å². The molecule has 18 heavy (non-hydrogen) atoms. The lowest BCUT2D eigenvalue weighted by Gasteiger charge is -2.05. The van der Waals surface area contributed by atoms with E-state index in [0.717, 1.165) is 11.3 Å². The second-order valence-electron chi connectivity index (χ2n) is 3.55. The van der Waals surface area contributed by atoms with Crippen molar-refractivity contribution in [1.29, 1.82) is 0 Å². The molecule has 98 valence electrons. The van der Waals surface area contributed by atoms with Crippen LogP contribution in [0.15, 0.2) is 29.2 Å². The lowest BCUT2D eigenvalue weighted by Crippen LogP contribution is -2.40. The Labute approximate surface area is 115 Å². The van der Waals surface area contributed by atoms with Gasteiger partial charge in [0.15, 0.2) is 0 Å². The average Bonchev–Trinajstić information content (AvgIpc) is 2.35. The van der Waals surface area contributed by atoms with Crippen molar-refractivity contribution in [2.45, 2.75) is 18.2 Å². The molecule has 0 spiro atoms. The summed E-state index contributed by atoms with van der Waals surface area (Å²) in [6.07, 6.45) is 0.834. The summed E-state index contributed by atoms with van der Waals surface area (Å²) in [6, 6.07) is 6.74. The Kier molecular flexibility index (Phi) is 6.60. The fourth-order valence-corrected chi connectivity index (χ4v) is 1.95. The topological polar surface area (TPSA) is 58.2 Å². The number of carbonyl (C=O) groups is 2. The number of imide groups is 1. The van der Waals surface area contributed by atoms with Gasteiger partial charge in [-0.25, -0.2) is 4.79 Å². The Bertz CT molecular complexity index is 409. The van der Waals surface area contributed by atoms with Gasteiger partial charge >= 0.3 is 6.03 Å². The van der Waals surface area contributed by atoms with E-state index < -0.39 is 6.03 Å². The quantitative estimate of drug-likeness (QED) is 0.818. The number of hydrogen-bond acceptors (Lipinski definition) is 3. The molecule has 0 aromatic heterocycles. The maximum atomic E-state index is 11.4. The first-order valence-electron chi connectivity index (χ1n) is 5.58. The van der Waals surface area contributed by atoms with Crippen molar-refractivity contribution in [2.75, 3.05) is 12.3 Å². The van der Waals surface area contributed by atoms with Crippen LogP contribution in [-0.4, -0.2) is 24.2 Å². The number of nitrogens with one attached hydrogen (secondary N) is 2. The van der Waals surface area contributed by atoms with E-state index in [4.69, 9.17) is 11.6 Å². The predicted molar refractivity (Wildman–Crippen MR) is 74.0 cm³/mol. The number of hydrogen-bond donors (Lipinski definition) is 2. The second-order valence-corrected chi connectivity index (χ2v) is 5.03. The van der Waals surface area contributed by atoms with E-state index in [1.165, 1.54) is 11.8 Å². The summed E-state index contributed by atoms with van der Waals surface area (Å²) < 4.78 is 0. The molecule has 2 N–H and O–H groups in total. The summed E-state index contributed by atoms with van der Waals surface area (Å²) in [6.45, 7) is 2.50. The van der Waals surface area contributed by atoms with E-state index in [2.05, 4.69) is 10.6 Å². The highest BCUT2D eigenvalue weighted by molar-refractivity contribution is 8.00. The number of thioether (sulfide) groups is 1. The molecule has 0 aliphatic carbocycles. The van der Waals surface area contributed by atoms with Gasteiger partial charge < -0.3 is 5.32 Å². The van der Waals surface area contributed by atoms with Gasteiger partial charge in [-0.2, -0.15) is 0 Å². The van der Waals surface area contributed by atoms with E-state index in [-0.39, 0.29) is 11.7 Å². The van der Waals surface area contributed by atoms with Gasteiger partial charge in [0.25, 0.3) is 0 Å². The van der Waals surface area contributed by atoms with Gasteiger partial charge in [-0.3, -0.25) is 10.1 Å². The van der Waals surface area contributed by atoms with Crippen LogP contribution < -0.4 is 10.6 Å². The molecule has 1 aromatic rings. The summed E-state index contributed by atoms with van der Waals surface area (Å²) in [4.78, 5) is 23.6. The van der Waals surface area contributed by atoms with Crippen molar-refractivity contribution in [3.63, 3.8) is 0 Å². The van der Waals surface area contributed by atoms with Gasteiger partial charge in [0.2, 0.25) is 5.91 Å². The first kappa shape index (κ1) is 14.9. The fourth-order valence-electron chi connectivity index (χ4n) is 1.13. The molecule has 0 heterocycles. The SMILES string of the molecule is CCCNC(=O)NC(=O)CSc1ccc(Cl)cc1. The summed E-state index contributed by atoms with van der Waals surface area (Å²) >= 11 is 7.10. The molecule has 6 heteroatoms. The molecule has 1 rings (SSSR count). The highest BCUT2D eigenvalue weighted by Gasteiger charge is 2.07. The highest BCUT2D eigenvalue weighted by atomic mass is 35.5. The van der Waals surface area contributed by atoms with Gasteiger partial charge in [-0.1, -0.05) is 18.5 Å². The molecule has 0 radical (unpaired) electrons. The lowest BCUT2D eigenvalue weighted by molar-refractivity contribution is -0.117. The second kappa shape index (κ2) is 8.00. The molecule has 0 saturated carbocycles. The van der Waals surface area contributed by atoms with Crippen molar-refractivity contribution in [1.82, 2.24) is 10.6 Å². The molecule has 0 atom stereocenters. The van der Waals surface area contributed by atoms with Gasteiger partial charge in [0.1, 0.15) is 0 Å². The largest absolute Gasteiger partial charge is 0.338 e. The Hall–Kier alpha value is -1.20. The van der Waals surface area contributed by atoms with Crippen LogP contribution in [-0.2, 0) is 4.79 Å². The fraction of sp³-hybridized carbons (Fsp3) is 0.333. The maximum Gasteiger partial charge on any atom is 0.321 e. The van der Waals surface area contributed by atoms with E-state index in [9.17, 15) is 9.59 Å². The van der Waals surface area contributed by atoms with Crippen LogP contribution >= 0.6 is 23.4 Å². The number of amides is 3. The third kappa shape index (κ3) is 5.93. The monoisotopic (exact) mass is 286 g/mol. The van der Waals surface area contributed by atoms with Crippen molar-refractivity contribution >= 4 is 35.3 Å². The summed E-state index contributed by atoms with van der Waals surface area (Å²) in [5.74, 6) is -0.121. The third-order valence-corrected chi connectivity index (χ3v) is 3.24. The van der Waals surface area contributed by atoms with E-state index in [0.29, 0.717) is 11.6 Å². The minimum Gasteiger partial charge on any atom is -0.338 e.